The highest BCUT2D eigenvalue weighted by Gasteiger charge is 2.30. The minimum Gasteiger partial charge on any atom is -0.506 e. The maximum Gasteiger partial charge on any atom is 0.322 e. The van der Waals surface area contributed by atoms with Crippen LogP contribution in [0.5, 0.6) is 11.6 Å². The molecule has 0 bridgehead atoms. The molecule has 2 rings (SSSR count). The van der Waals surface area contributed by atoms with Gasteiger partial charge in [-0.05, 0) is 24.6 Å². The second-order valence-corrected chi connectivity index (χ2v) is 6.83. The zero-order valence-corrected chi connectivity index (χ0v) is 17.0. The van der Waals surface area contributed by atoms with Crippen molar-refractivity contribution >= 4 is 41.0 Å². The summed E-state index contributed by atoms with van der Waals surface area (Å²) in [5.74, 6) is -5.62. The molecule has 30 heavy (non-hydrogen) atoms. The summed E-state index contributed by atoms with van der Waals surface area (Å²) >= 11 is 11.9. The maximum atomic E-state index is 12.8. The first kappa shape index (κ1) is 23.0. The Morgan fingerprint density at radius 3 is 2.27 bits per heavy atom. The summed E-state index contributed by atoms with van der Waals surface area (Å²) in [6.07, 6.45) is 0. The van der Waals surface area contributed by atoms with Gasteiger partial charge in [-0.25, -0.2) is 0 Å². The van der Waals surface area contributed by atoms with Crippen LogP contribution in [0, 0.1) is 0 Å². The van der Waals surface area contributed by atoms with Gasteiger partial charge < -0.3 is 26.0 Å². The molecule has 0 saturated heterocycles. The first-order valence-corrected chi connectivity index (χ1v) is 9.24. The molecule has 0 aliphatic heterocycles. The van der Waals surface area contributed by atoms with Gasteiger partial charge in [-0.1, -0.05) is 29.3 Å². The molecule has 1 aromatic heterocycles. The van der Waals surface area contributed by atoms with Crippen LogP contribution in [-0.2, 0) is 11.3 Å². The van der Waals surface area contributed by atoms with Gasteiger partial charge in [0.25, 0.3) is 17.4 Å². The van der Waals surface area contributed by atoms with Crippen LogP contribution in [0.4, 0.5) is 0 Å². The van der Waals surface area contributed by atoms with E-state index in [0.717, 1.165) is 0 Å². The number of halogens is 2. The minimum atomic E-state index is -1.38. The molecule has 160 valence electrons. The van der Waals surface area contributed by atoms with Crippen molar-refractivity contribution in [2.45, 2.75) is 13.5 Å². The second-order valence-electron chi connectivity index (χ2n) is 5.99. The number of nitrogens with zero attached hydrogens (tertiary/aromatic N) is 1. The van der Waals surface area contributed by atoms with Gasteiger partial charge in [0.15, 0.2) is 5.75 Å². The number of carboxylic acids is 1. The largest absolute Gasteiger partial charge is 0.506 e. The van der Waals surface area contributed by atoms with Gasteiger partial charge in [-0.15, -0.1) is 0 Å². The van der Waals surface area contributed by atoms with Crippen LogP contribution in [-0.4, -0.2) is 50.8 Å². The Hall–Kier alpha value is -3.24. The van der Waals surface area contributed by atoms with Crippen molar-refractivity contribution < 1.29 is 29.7 Å². The number of nitrogens with one attached hydrogen (secondary N) is 2. The molecule has 0 saturated carbocycles. The smallest absolute Gasteiger partial charge is 0.322 e. The Bertz CT molecular complexity index is 1080. The summed E-state index contributed by atoms with van der Waals surface area (Å²) < 4.78 is 0.662. The number of aromatic hydroxyl groups is 2. The maximum absolute atomic E-state index is 12.8. The first-order chi connectivity index (χ1) is 14.1. The fourth-order valence-corrected chi connectivity index (χ4v) is 3.04. The molecule has 0 unspecified atom stereocenters. The van der Waals surface area contributed by atoms with Crippen molar-refractivity contribution in [1.29, 1.82) is 0 Å². The third-order valence-corrected chi connectivity index (χ3v) is 4.53. The van der Waals surface area contributed by atoms with E-state index >= 15 is 0 Å². The van der Waals surface area contributed by atoms with Crippen molar-refractivity contribution in [1.82, 2.24) is 15.2 Å². The summed E-state index contributed by atoms with van der Waals surface area (Å²) in [4.78, 5) is 48.2. The number of aliphatic carboxylic acids is 1. The molecule has 1 aromatic carbocycles. The summed E-state index contributed by atoms with van der Waals surface area (Å²) in [5.41, 5.74) is -2.39. The SMILES string of the molecule is CCNC(=O)c1c(O)c(C(=O)NCC(=O)O)c(O)n(Cc2ccc(Cl)cc2Cl)c1=O. The lowest BCUT2D eigenvalue weighted by atomic mass is 10.1. The lowest BCUT2D eigenvalue weighted by molar-refractivity contribution is -0.135. The number of pyridine rings is 1. The van der Waals surface area contributed by atoms with Crippen LogP contribution in [0.1, 0.15) is 33.2 Å². The Labute approximate surface area is 179 Å². The Balaban J connectivity index is 2.70. The Kier molecular flexibility index (Phi) is 7.30. The minimum absolute atomic E-state index is 0.113. The van der Waals surface area contributed by atoms with Gasteiger partial charge in [-0.2, -0.15) is 0 Å². The van der Waals surface area contributed by atoms with Crippen LogP contribution >= 0.6 is 23.2 Å². The molecule has 0 aliphatic rings. The van der Waals surface area contributed by atoms with E-state index in [0.29, 0.717) is 15.2 Å². The number of carboxylic acid groups (broad SMARTS) is 1. The molecule has 12 heteroatoms. The quantitative estimate of drug-likeness (QED) is 0.417. The predicted molar refractivity (Wildman–Crippen MR) is 108 cm³/mol. The number of benzene rings is 1. The average molecular weight is 458 g/mol. The van der Waals surface area contributed by atoms with Gasteiger partial charge in [0, 0.05) is 16.6 Å². The van der Waals surface area contributed by atoms with Gasteiger partial charge in [0.1, 0.15) is 17.7 Å². The second kappa shape index (κ2) is 9.51. The standard InChI is InChI=1S/C18H17Cl2N3O7/c1-2-21-15(27)12-14(26)13(16(28)22-6-11(24)25)18(30)23(17(12)29)7-8-3-4-9(19)5-10(8)20/h3-5,26,30H,2,6-7H2,1H3,(H,21,27)(H,22,28)(H,24,25). The number of hydrogen-bond donors (Lipinski definition) is 5. The van der Waals surface area contributed by atoms with Crippen molar-refractivity contribution in [3.05, 3.63) is 55.3 Å². The molecule has 5 N–H and O–H groups in total. The molecule has 0 spiro atoms. The molecule has 2 aromatic rings. The molecule has 0 fully saturated rings. The van der Waals surface area contributed by atoms with Crippen molar-refractivity contribution in [2.24, 2.45) is 0 Å². The van der Waals surface area contributed by atoms with Crippen LogP contribution in [0.3, 0.4) is 0 Å². The highest BCUT2D eigenvalue weighted by molar-refractivity contribution is 6.35. The number of rotatable bonds is 7. The van der Waals surface area contributed by atoms with Crippen molar-refractivity contribution in [2.75, 3.05) is 13.1 Å². The summed E-state index contributed by atoms with van der Waals surface area (Å²) in [6, 6.07) is 4.35. The topological polar surface area (TPSA) is 158 Å². The van der Waals surface area contributed by atoms with Gasteiger partial charge >= 0.3 is 5.97 Å². The molecule has 0 atom stereocenters. The molecule has 1 heterocycles. The van der Waals surface area contributed by atoms with E-state index in [1.807, 2.05) is 5.32 Å². The molecule has 0 aliphatic carbocycles. The zero-order chi connectivity index (χ0) is 22.6. The molecular weight excluding hydrogens is 441 g/mol. The summed E-state index contributed by atoms with van der Waals surface area (Å²) in [7, 11) is 0. The van der Waals surface area contributed by atoms with Crippen LogP contribution in [0.2, 0.25) is 10.0 Å². The van der Waals surface area contributed by atoms with Gasteiger partial charge in [-0.3, -0.25) is 23.7 Å². The number of carbonyl (C=O) groups is 3. The van der Waals surface area contributed by atoms with E-state index in [9.17, 15) is 29.4 Å². The number of carbonyl (C=O) groups excluding carboxylic acids is 2. The lowest BCUT2D eigenvalue weighted by Crippen LogP contribution is -2.36. The third-order valence-electron chi connectivity index (χ3n) is 3.95. The lowest BCUT2D eigenvalue weighted by Gasteiger charge is -2.17. The van der Waals surface area contributed by atoms with E-state index in [1.165, 1.54) is 18.2 Å². The zero-order valence-electron chi connectivity index (χ0n) is 15.5. The highest BCUT2D eigenvalue weighted by Crippen LogP contribution is 2.30. The molecular formula is C18H17Cl2N3O7. The molecule has 10 nitrogen and oxygen atoms in total. The van der Waals surface area contributed by atoms with Crippen LogP contribution < -0.4 is 16.2 Å². The van der Waals surface area contributed by atoms with Crippen molar-refractivity contribution in [3.8, 4) is 11.6 Å². The van der Waals surface area contributed by atoms with Crippen molar-refractivity contribution in [3.63, 3.8) is 0 Å². The number of hydrogen-bond acceptors (Lipinski definition) is 6. The van der Waals surface area contributed by atoms with E-state index in [1.54, 1.807) is 6.92 Å². The van der Waals surface area contributed by atoms with E-state index in [2.05, 4.69) is 5.32 Å². The van der Waals surface area contributed by atoms with E-state index in [-0.39, 0.29) is 18.1 Å². The Morgan fingerprint density at radius 2 is 1.70 bits per heavy atom. The number of aromatic nitrogens is 1. The van der Waals surface area contributed by atoms with Gasteiger partial charge in [0.2, 0.25) is 5.88 Å². The third kappa shape index (κ3) is 4.84. The van der Waals surface area contributed by atoms with Crippen LogP contribution in [0.25, 0.3) is 0 Å². The fraction of sp³-hybridized carbons (Fsp3) is 0.222. The average Bonchev–Trinajstić information content (AvgIpc) is 2.65. The normalized spacial score (nSPS) is 10.5. The van der Waals surface area contributed by atoms with Gasteiger partial charge in [0.05, 0.1) is 6.54 Å². The van der Waals surface area contributed by atoms with E-state index in [4.69, 9.17) is 28.3 Å². The summed E-state index contributed by atoms with van der Waals surface area (Å²) in [5, 5.41) is 34.4. The number of amides is 2. The van der Waals surface area contributed by atoms with E-state index < -0.39 is 52.6 Å². The predicted octanol–water partition coefficient (Wildman–Crippen LogP) is 1.18. The molecule has 2 amide bonds. The first-order valence-electron chi connectivity index (χ1n) is 8.49. The monoisotopic (exact) mass is 457 g/mol. The van der Waals surface area contributed by atoms with Crippen LogP contribution in [0.15, 0.2) is 23.0 Å². The fourth-order valence-electron chi connectivity index (χ4n) is 2.57. The summed E-state index contributed by atoms with van der Waals surface area (Å²) in [6.45, 7) is 0.493. The highest BCUT2D eigenvalue weighted by atomic mass is 35.5. The molecule has 0 radical (unpaired) electrons. The Morgan fingerprint density at radius 1 is 1.07 bits per heavy atom.